The highest BCUT2D eigenvalue weighted by Crippen LogP contribution is 2.10. The molecule has 0 saturated carbocycles. The van der Waals surface area contributed by atoms with Crippen LogP contribution in [0.2, 0.25) is 0 Å². The van der Waals surface area contributed by atoms with E-state index in [9.17, 15) is 0 Å². The third kappa shape index (κ3) is 12.6. The molecule has 0 heterocycles. The van der Waals surface area contributed by atoms with Crippen LogP contribution >= 0.6 is 0 Å². The quantitative estimate of drug-likeness (QED) is 0.287. The molecular formula is C18H40N4O2. The summed E-state index contributed by atoms with van der Waals surface area (Å²) < 4.78 is 10.9. The predicted molar refractivity (Wildman–Crippen MR) is 103 cm³/mol. The van der Waals surface area contributed by atoms with Gasteiger partial charge < -0.3 is 25.0 Å². The second-order valence-corrected chi connectivity index (χ2v) is 6.36. The molecule has 144 valence electrons. The molecule has 24 heavy (non-hydrogen) atoms. The van der Waals surface area contributed by atoms with E-state index in [2.05, 4.69) is 48.3 Å². The maximum Gasteiger partial charge on any atom is 0.191 e. The molecule has 0 aliphatic heterocycles. The van der Waals surface area contributed by atoms with Crippen molar-refractivity contribution in [2.75, 3.05) is 60.1 Å². The molecule has 0 amide bonds. The molecule has 0 saturated heterocycles. The van der Waals surface area contributed by atoms with Crippen LogP contribution in [0.15, 0.2) is 4.99 Å². The van der Waals surface area contributed by atoms with Gasteiger partial charge in [-0.2, -0.15) is 0 Å². The van der Waals surface area contributed by atoms with Gasteiger partial charge in [-0.3, -0.25) is 4.99 Å². The minimum absolute atomic E-state index is 0.286. The average molecular weight is 345 g/mol. The topological polar surface area (TPSA) is 58.1 Å². The van der Waals surface area contributed by atoms with Gasteiger partial charge in [0.05, 0.1) is 6.10 Å². The predicted octanol–water partition coefficient (Wildman–Crippen LogP) is 1.96. The van der Waals surface area contributed by atoms with E-state index in [0.29, 0.717) is 5.92 Å². The van der Waals surface area contributed by atoms with E-state index in [-0.39, 0.29) is 6.10 Å². The van der Waals surface area contributed by atoms with E-state index in [4.69, 9.17) is 9.47 Å². The molecule has 6 nitrogen and oxygen atoms in total. The lowest BCUT2D eigenvalue weighted by Crippen LogP contribution is -2.41. The Hall–Kier alpha value is -0.850. The third-order valence-corrected chi connectivity index (χ3v) is 3.83. The number of aliphatic imine (C=N–C) groups is 1. The molecule has 6 heteroatoms. The molecule has 0 spiro atoms. The van der Waals surface area contributed by atoms with E-state index in [1.54, 1.807) is 7.11 Å². The number of guanidine groups is 1. The first-order chi connectivity index (χ1) is 11.5. The molecule has 0 aromatic rings. The van der Waals surface area contributed by atoms with Crippen molar-refractivity contribution in [2.45, 2.75) is 46.6 Å². The highest BCUT2D eigenvalue weighted by Gasteiger charge is 2.12. The van der Waals surface area contributed by atoms with E-state index in [1.807, 2.05) is 6.92 Å². The minimum Gasteiger partial charge on any atom is -0.385 e. The number of likely N-dealkylation sites (N-methyl/N-ethyl adjacent to an activating group) is 1. The summed E-state index contributed by atoms with van der Waals surface area (Å²) in [6.07, 6.45) is 2.31. The van der Waals surface area contributed by atoms with Gasteiger partial charge in [0.1, 0.15) is 0 Å². The molecule has 0 radical (unpaired) electrons. The highest BCUT2D eigenvalue weighted by atomic mass is 16.5. The fraction of sp³-hybridized carbons (Fsp3) is 0.944. The Bertz CT molecular complexity index is 311. The summed E-state index contributed by atoms with van der Waals surface area (Å²) in [5.41, 5.74) is 0. The Kier molecular flexibility index (Phi) is 15.1. The standard InChI is InChI=1S/C18H40N4O2/c1-7-19-18(20-11-10-17(16(3)4)24-8-2)21-12-14-22(5)13-9-15-23-6/h16-17H,7-15H2,1-6H3,(H2,19,20,21). The van der Waals surface area contributed by atoms with Crippen molar-refractivity contribution in [2.24, 2.45) is 10.9 Å². The molecule has 1 atom stereocenters. The minimum atomic E-state index is 0.286. The Balaban J connectivity index is 4.13. The molecule has 0 rings (SSSR count). The van der Waals surface area contributed by atoms with Gasteiger partial charge in [0.15, 0.2) is 5.96 Å². The Morgan fingerprint density at radius 2 is 1.92 bits per heavy atom. The highest BCUT2D eigenvalue weighted by molar-refractivity contribution is 5.79. The summed E-state index contributed by atoms with van der Waals surface area (Å²) in [6, 6.07) is 0. The van der Waals surface area contributed by atoms with Crippen LogP contribution in [0.4, 0.5) is 0 Å². The normalized spacial score (nSPS) is 13.6. The van der Waals surface area contributed by atoms with Gasteiger partial charge in [-0.1, -0.05) is 13.8 Å². The van der Waals surface area contributed by atoms with Gasteiger partial charge in [0.25, 0.3) is 0 Å². The zero-order chi connectivity index (χ0) is 18.2. The average Bonchev–Trinajstić information content (AvgIpc) is 2.54. The summed E-state index contributed by atoms with van der Waals surface area (Å²) in [6.45, 7) is 14.7. The molecule has 0 aliphatic rings. The SMILES string of the molecule is CCNC(=NCCC(OCC)C(C)C)NCCN(C)CCCOC. The van der Waals surface area contributed by atoms with Crippen LogP contribution in [-0.2, 0) is 9.47 Å². The van der Waals surface area contributed by atoms with E-state index >= 15 is 0 Å². The van der Waals surface area contributed by atoms with Gasteiger partial charge >= 0.3 is 0 Å². The van der Waals surface area contributed by atoms with Gasteiger partial charge in [-0.25, -0.2) is 0 Å². The number of hydrogen-bond acceptors (Lipinski definition) is 4. The molecular weight excluding hydrogens is 304 g/mol. The molecule has 2 N–H and O–H groups in total. The number of rotatable bonds is 14. The lowest BCUT2D eigenvalue weighted by molar-refractivity contribution is 0.0266. The number of methoxy groups -OCH3 is 1. The number of hydrogen-bond donors (Lipinski definition) is 2. The lowest BCUT2D eigenvalue weighted by atomic mass is 10.0. The van der Waals surface area contributed by atoms with Crippen molar-refractivity contribution in [3.63, 3.8) is 0 Å². The summed E-state index contributed by atoms with van der Waals surface area (Å²) in [5, 5.41) is 6.71. The second-order valence-electron chi connectivity index (χ2n) is 6.36. The molecule has 0 fully saturated rings. The Labute approximate surface area is 149 Å². The Morgan fingerprint density at radius 1 is 1.17 bits per heavy atom. The van der Waals surface area contributed by atoms with Gasteiger partial charge in [-0.05, 0) is 39.7 Å². The van der Waals surface area contributed by atoms with Crippen LogP contribution in [0, 0.1) is 5.92 Å². The van der Waals surface area contributed by atoms with E-state index < -0.39 is 0 Å². The van der Waals surface area contributed by atoms with Gasteiger partial charge in [0, 0.05) is 53.0 Å². The maximum atomic E-state index is 5.78. The zero-order valence-corrected chi connectivity index (χ0v) is 16.7. The van der Waals surface area contributed by atoms with Crippen LogP contribution in [0.5, 0.6) is 0 Å². The van der Waals surface area contributed by atoms with Crippen LogP contribution in [0.3, 0.4) is 0 Å². The number of ether oxygens (including phenoxy) is 2. The summed E-state index contributed by atoms with van der Waals surface area (Å²) >= 11 is 0. The molecule has 0 bridgehead atoms. The second kappa shape index (κ2) is 15.7. The monoisotopic (exact) mass is 344 g/mol. The van der Waals surface area contributed by atoms with E-state index in [1.165, 1.54) is 0 Å². The van der Waals surface area contributed by atoms with Crippen LogP contribution in [0.1, 0.15) is 40.5 Å². The first-order valence-corrected chi connectivity index (χ1v) is 9.36. The van der Waals surface area contributed by atoms with Crippen LogP contribution in [0.25, 0.3) is 0 Å². The summed E-state index contributed by atoms with van der Waals surface area (Å²) in [7, 11) is 3.88. The number of nitrogens with zero attached hydrogens (tertiary/aromatic N) is 2. The van der Waals surface area contributed by atoms with Crippen molar-refractivity contribution < 1.29 is 9.47 Å². The maximum absolute atomic E-state index is 5.78. The Morgan fingerprint density at radius 3 is 2.50 bits per heavy atom. The van der Waals surface area contributed by atoms with Gasteiger partial charge in [-0.15, -0.1) is 0 Å². The van der Waals surface area contributed by atoms with Crippen molar-refractivity contribution in [1.82, 2.24) is 15.5 Å². The molecule has 0 aliphatic carbocycles. The third-order valence-electron chi connectivity index (χ3n) is 3.83. The molecule has 0 aromatic heterocycles. The van der Waals surface area contributed by atoms with Crippen LogP contribution < -0.4 is 10.6 Å². The fourth-order valence-electron chi connectivity index (χ4n) is 2.42. The first kappa shape index (κ1) is 23.1. The van der Waals surface area contributed by atoms with Crippen molar-refractivity contribution in [3.05, 3.63) is 0 Å². The first-order valence-electron chi connectivity index (χ1n) is 9.36. The zero-order valence-electron chi connectivity index (χ0n) is 16.7. The fourth-order valence-corrected chi connectivity index (χ4v) is 2.42. The molecule has 0 aromatic carbocycles. The molecule has 1 unspecified atom stereocenters. The van der Waals surface area contributed by atoms with Crippen molar-refractivity contribution in [1.29, 1.82) is 0 Å². The summed E-state index contributed by atoms with van der Waals surface area (Å²) in [5.74, 6) is 1.42. The largest absolute Gasteiger partial charge is 0.385 e. The number of nitrogens with one attached hydrogen (secondary N) is 2. The van der Waals surface area contributed by atoms with Crippen molar-refractivity contribution >= 4 is 5.96 Å². The van der Waals surface area contributed by atoms with Crippen LogP contribution in [-0.4, -0.2) is 77.1 Å². The van der Waals surface area contributed by atoms with Gasteiger partial charge in [0.2, 0.25) is 0 Å². The van der Waals surface area contributed by atoms with E-state index in [0.717, 1.165) is 64.7 Å². The lowest BCUT2D eigenvalue weighted by Gasteiger charge is -2.20. The summed E-state index contributed by atoms with van der Waals surface area (Å²) in [4.78, 5) is 6.97. The smallest absolute Gasteiger partial charge is 0.191 e. The van der Waals surface area contributed by atoms with Crippen molar-refractivity contribution in [3.8, 4) is 0 Å².